The number of amides is 3. The average molecular weight is 321 g/mol. The Balaban J connectivity index is 2.46. The number of aryl methyl sites for hydroxylation is 1. The molecule has 3 N–H and O–H groups in total. The third-order valence-electron chi connectivity index (χ3n) is 2.93. The van der Waals surface area contributed by atoms with Gasteiger partial charge in [-0.1, -0.05) is 13.8 Å². The molecular formula is C17H27N3O3. The molecule has 0 radical (unpaired) electrons. The smallest absolute Gasteiger partial charge is 0.319 e. The molecule has 1 aromatic rings. The van der Waals surface area contributed by atoms with E-state index in [0.717, 1.165) is 11.3 Å². The minimum absolute atomic E-state index is 0.0495. The zero-order chi connectivity index (χ0) is 17.4. The van der Waals surface area contributed by atoms with Gasteiger partial charge in [0.1, 0.15) is 5.75 Å². The Labute approximate surface area is 138 Å². The van der Waals surface area contributed by atoms with Crippen LogP contribution in [-0.2, 0) is 4.79 Å². The van der Waals surface area contributed by atoms with Crippen LogP contribution >= 0.6 is 0 Å². The topological polar surface area (TPSA) is 79.5 Å². The third kappa shape index (κ3) is 7.54. The van der Waals surface area contributed by atoms with Gasteiger partial charge < -0.3 is 20.7 Å². The van der Waals surface area contributed by atoms with E-state index in [1.807, 2.05) is 40.7 Å². The highest BCUT2D eigenvalue weighted by Crippen LogP contribution is 2.22. The third-order valence-corrected chi connectivity index (χ3v) is 2.93. The molecule has 0 aromatic heterocycles. The van der Waals surface area contributed by atoms with Gasteiger partial charge in [-0.3, -0.25) is 4.79 Å². The first-order chi connectivity index (χ1) is 10.8. The highest BCUT2D eigenvalue weighted by atomic mass is 16.5. The molecule has 1 rings (SSSR count). The highest BCUT2D eigenvalue weighted by molar-refractivity contribution is 5.92. The molecule has 0 saturated heterocycles. The van der Waals surface area contributed by atoms with Crippen LogP contribution < -0.4 is 20.7 Å². The molecule has 0 spiro atoms. The largest absolute Gasteiger partial charge is 0.491 e. The zero-order valence-electron chi connectivity index (χ0n) is 14.5. The maximum atomic E-state index is 11.8. The summed E-state index contributed by atoms with van der Waals surface area (Å²) in [5.41, 5.74) is 1.57. The maximum Gasteiger partial charge on any atom is 0.319 e. The van der Waals surface area contributed by atoms with Crippen molar-refractivity contribution in [1.29, 1.82) is 0 Å². The van der Waals surface area contributed by atoms with Gasteiger partial charge in [0.25, 0.3) is 0 Å². The van der Waals surface area contributed by atoms with Crippen LogP contribution in [-0.4, -0.2) is 31.1 Å². The number of hydrogen-bond acceptors (Lipinski definition) is 3. The number of nitrogens with one attached hydrogen (secondary N) is 3. The van der Waals surface area contributed by atoms with Crippen LogP contribution in [0.25, 0.3) is 0 Å². The lowest BCUT2D eigenvalue weighted by molar-refractivity contribution is -0.120. The first kappa shape index (κ1) is 18.8. The second-order valence-electron chi connectivity index (χ2n) is 6.15. The summed E-state index contributed by atoms with van der Waals surface area (Å²) in [6, 6.07) is 5.04. The molecular weight excluding hydrogens is 294 g/mol. The monoisotopic (exact) mass is 321 g/mol. The Bertz CT molecular complexity index is 542. The van der Waals surface area contributed by atoms with Crippen LogP contribution in [0.15, 0.2) is 18.2 Å². The number of ether oxygens (including phenoxy) is 1. The Morgan fingerprint density at radius 1 is 1.13 bits per heavy atom. The van der Waals surface area contributed by atoms with Crippen molar-refractivity contribution in [3.63, 3.8) is 0 Å². The fourth-order valence-electron chi connectivity index (χ4n) is 1.83. The van der Waals surface area contributed by atoms with Gasteiger partial charge in [0, 0.05) is 12.2 Å². The summed E-state index contributed by atoms with van der Waals surface area (Å²) in [6.07, 6.45) is 0.0980. The quantitative estimate of drug-likeness (QED) is 0.722. The molecule has 6 nitrogen and oxygen atoms in total. The van der Waals surface area contributed by atoms with Gasteiger partial charge in [0.2, 0.25) is 5.91 Å². The summed E-state index contributed by atoms with van der Waals surface area (Å²) < 4.78 is 5.60. The number of urea groups is 1. The average Bonchev–Trinajstić information content (AvgIpc) is 2.45. The molecule has 0 aliphatic rings. The molecule has 0 atom stereocenters. The van der Waals surface area contributed by atoms with Gasteiger partial charge in [-0.2, -0.15) is 0 Å². The minimum Gasteiger partial charge on any atom is -0.491 e. The minimum atomic E-state index is -0.412. The molecule has 3 amide bonds. The zero-order valence-corrected chi connectivity index (χ0v) is 14.5. The number of hydrogen-bond donors (Lipinski definition) is 3. The standard InChI is InChI=1S/C17H27N3O3/c1-11(2)9-18-16(21)10-19-17(22)20-15-7-6-14(8-13(15)5)23-12(3)4/h6-8,11-12H,9-10H2,1-5H3,(H,18,21)(H2,19,20,22). The van der Waals surface area contributed by atoms with E-state index in [2.05, 4.69) is 16.0 Å². The second kappa shape index (κ2) is 9.02. The van der Waals surface area contributed by atoms with Gasteiger partial charge >= 0.3 is 6.03 Å². The van der Waals surface area contributed by atoms with Crippen molar-refractivity contribution in [3.05, 3.63) is 23.8 Å². The van der Waals surface area contributed by atoms with Gasteiger partial charge in [0.15, 0.2) is 0 Å². The van der Waals surface area contributed by atoms with Crippen LogP contribution in [0.5, 0.6) is 5.75 Å². The molecule has 1 aromatic carbocycles. The van der Waals surface area contributed by atoms with Crippen molar-refractivity contribution in [2.24, 2.45) is 5.92 Å². The maximum absolute atomic E-state index is 11.8. The Kier molecular flexibility index (Phi) is 7.38. The molecule has 6 heteroatoms. The molecule has 0 fully saturated rings. The van der Waals surface area contributed by atoms with E-state index < -0.39 is 6.03 Å². The number of anilines is 1. The van der Waals surface area contributed by atoms with E-state index >= 15 is 0 Å². The number of rotatable bonds is 7. The first-order valence-corrected chi connectivity index (χ1v) is 7.86. The van der Waals surface area contributed by atoms with E-state index in [4.69, 9.17) is 4.74 Å². The lowest BCUT2D eigenvalue weighted by Gasteiger charge is -2.14. The van der Waals surface area contributed by atoms with Crippen LogP contribution in [0.1, 0.15) is 33.3 Å². The van der Waals surface area contributed by atoms with Crippen molar-refractivity contribution in [3.8, 4) is 5.75 Å². The molecule has 0 saturated carbocycles. The van der Waals surface area contributed by atoms with E-state index in [1.54, 1.807) is 12.1 Å². The number of carbonyl (C=O) groups excluding carboxylic acids is 2. The lowest BCUT2D eigenvalue weighted by Crippen LogP contribution is -2.40. The Hall–Kier alpha value is -2.24. The van der Waals surface area contributed by atoms with Gasteiger partial charge in [0.05, 0.1) is 12.6 Å². The predicted molar refractivity (Wildman–Crippen MR) is 91.8 cm³/mol. The number of benzene rings is 1. The number of carbonyl (C=O) groups is 2. The summed E-state index contributed by atoms with van der Waals surface area (Å²) in [7, 11) is 0. The van der Waals surface area contributed by atoms with Crippen molar-refractivity contribution >= 4 is 17.6 Å². The molecule has 23 heavy (non-hydrogen) atoms. The van der Waals surface area contributed by atoms with Crippen LogP contribution in [0.2, 0.25) is 0 Å². The molecule has 0 aliphatic heterocycles. The molecule has 128 valence electrons. The Morgan fingerprint density at radius 3 is 2.39 bits per heavy atom. The second-order valence-corrected chi connectivity index (χ2v) is 6.15. The van der Waals surface area contributed by atoms with E-state index in [9.17, 15) is 9.59 Å². The Morgan fingerprint density at radius 2 is 1.83 bits per heavy atom. The van der Waals surface area contributed by atoms with Crippen molar-refractivity contribution < 1.29 is 14.3 Å². The van der Waals surface area contributed by atoms with Crippen molar-refractivity contribution in [2.45, 2.75) is 40.7 Å². The van der Waals surface area contributed by atoms with E-state index in [1.165, 1.54) is 0 Å². The van der Waals surface area contributed by atoms with Crippen LogP contribution in [0.4, 0.5) is 10.5 Å². The molecule has 0 bridgehead atoms. The van der Waals surface area contributed by atoms with Crippen molar-refractivity contribution in [2.75, 3.05) is 18.4 Å². The van der Waals surface area contributed by atoms with E-state index in [-0.39, 0.29) is 18.6 Å². The molecule has 0 unspecified atom stereocenters. The summed E-state index contributed by atoms with van der Waals surface area (Å²) in [5.74, 6) is 0.935. The summed E-state index contributed by atoms with van der Waals surface area (Å²) in [5, 5.41) is 8.00. The molecule has 0 aliphatic carbocycles. The van der Waals surface area contributed by atoms with Crippen LogP contribution in [0.3, 0.4) is 0 Å². The summed E-state index contributed by atoms with van der Waals surface area (Å²) >= 11 is 0. The first-order valence-electron chi connectivity index (χ1n) is 7.86. The summed E-state index contributed by atoms with van der Waals surface area (Å²) in [4.78, 5) is 23.4. The lowest BCUT2D eigenvalue weighted by atomic mass is 10.2. The summed E-state index contributed by atoms with van der Waals surface area (Å²) in [6.45, 7) is 10.4. The normalized spacial score (nSPS) is 10.6. The van der Waals surface area contributed by atoms with Gasteiger partial charge in [-0.05, 0) is 50.5 Å². The van der Waals surface area contributed by atoms with Gasteiger partial charge in [-0.15, -0.1) is 0 Å². The fourth-order valence-corrected chi connectivity index (χ4v) is 1.83. The predicted octanol–water partition coefficient (Wildman–Crippen LogP) is 2.68. The van der Waals surface area contributed by atoms with Crippen molar-refractivity contribution in [1.82, 2.24) is 10.6 Å². The SMILES string of the molecule is Cc1cc(OC(C)C)ccc1NC(=O)NCC(=O)NCC(C)C. The fraction of sp³-hybridized carbons (Fsp3) is 0.529. The molecule has 0 heterocycles. The highest BCUT2D eigenvalue weighted by Gasteiger charge is 2.08. The van der Waals surface area contributed by atoms with E-state index in [0.29, 0.717) is 18.2 Å². The van der Waals surface area contributed by atoms with Crippen LogP contribution in [0, 0.1) is 12.8 Å². The van der Waals surface area contributed by atoms with Gasteiger partial charge in [-0.25, -0.2) is 4.79 Å².